The zero-order valence-electron chi connectivity index (χ0n) is 14.9. The van der Waals surface area contributed by atoms with Gasteiger partial charge < -0.3 is 15.2 Å². The van der Waals surface area contributed by atoms with Gasteiger partial charge in [-0.25, -0.2) is 4.98 Å². The van der Waals surface area contributed by atoms with Gasteiger partial charge in [0.05, 0.1) is 29.7 Å². The molecule has 2 aliphatic rings. The number of nitrogens with one attached hydrogen (secondary N) is 1. The lowest BCUT2D eigenvalue weighted by molar-refractivity contribution is -0.147. The normalized spacial score (nSPS) is 25.9. The number of fused-ring (bicyclic) bond motifs is 3. The van der Waals surface area contributed by atoms with Gasteiger partial charge >= 0.3 is 5.97 Å². The second-order valence-corrected chi connectivity index (χ2v) is 8.13. The molecule has 2 saturated heterocycles. The number of carboxylic acids is 1. The van der Waals surface area contributed by atoms with Gasteiger partial charge in [0.15, 0.2) is 5.13 Å². The van der Waals surface area contributed by atoms with Gasteiger partial charge in [0.2, 0.25) is 5.91 Å². The summed E-state index contributed by atoms with van der Waals surface area (Å²) in [4.78, 5) is 28.9. The number of thiazole rings is 1. The fraction of sp³-hybridized carbons (Fsp3) is 0.286. The van der Waals surface area contributed by atoms with Crippen LogP contribution in [0.15, 0.2) is 47.8 Å². The van der Waals surface area contributed by atoms with E-state index >= 15 is 0 Å². The van der Waals surface area contributed by atoms with Gasteiger partial charge in [0.1, 0.15) is 0 Å². The van der Waals surface area contributed by atoms with Crippen LogP contribution in [0.1, 0.15) is 12.8 Å². The van der Waals surface area contributed by atoms with Crippen LogP contribution in [0.4, 0.5) is 5.13 Å². The molecule has 0 spiro atoms. The van der Waals surface area contributed by atoms with E-state index in [1.54, 1.807) is 0 Å². The summed E-state index contributed by atoms with van der Waals surface area (Å²) >= 11 is 1.34. The summed E-state index contributed by atoms with van der Waals surface area (Å²) in [5, 5.41) is 16.9. The van der Waals surface area contributed by atoms with Crippen molar-refractivity contribution in [1.82, 2.24) is 4.98 Å². The monoisotopic (exact) mass is 394 g/mol. The second kappa shape index (κ2) is 6.68. The minimum atomic E-state index is -0.969. The molecule has 4 atom stereocenters. The van der Waals surface area contributed by atoms with E-state index in [4.69, 9.17) is 4.74 Å². The van der Waals surface area contributed by atoms with E-state index in [1.807, 2.05) is 29.6 Å². The van der Waals surface area contributed by atoms with E-state index in [0.717, 1.165) is 28.5 Å². The third-order valence-electron chi connectivity index (χ3n) is 5.64. The van der Waals surface area contributed by atoms with Crippen LogP contribution in [0.25, 0.3) is 22.0 Å². The molecule has 28 heavy (non-hydrogen) atoms. The molecule has 3 heterocycles. The maximum absolute atomic E-state index is 12.8. The van der Waals surface area contributed by atoms with E-state index < -0.39 is 17.8 Å². The number of carboxylic acid groups (broad SMARTS) is 1. The number of aliphatic carboxylic acids is 1. The average molecular weight is 394 g/mol. The molecule has 0 saturated carbocycles. The number of hydrogen-bond donors (Lipinski definition) is 2. The maximum Gasteiger partial charge on any atom is 0.310 e. The van der Waals surface area contributed by atoms with Crippen LogP contribution in [-0.2, 0) is 14.3 Å². The number of amides is 1. The standard InChI is InChI=1S/C21H18N2O4S/c24-19(17-15-7-8-16(27-15)18(17)20(25)26)23-21-22-14(10-28-21)13-6-5-11-3-1-2-4-12(11)9-13/h1-6,9-10,15-18H,7-8H2,(H,25,26)(H,22,23,24)/t15-,16-,17-,18-/m1/s1. The number of aromatic nitrogens is 1. The maximum atomic E-state index is 12.8. The van der Waals surface area contributed by atoms with Crippen LogP contribution >= 0.6 is 11.3 Å². The lowest BCUT2D eigenvalue weighted by atomic mass is 9.79. The molecule has 0 aliphatic carbocycles. The lowest BCUT2D eigenvalue weighted by Crippen LogP contribution is -2.40. The van der Waals surface area contributed by atoms with Gasteiger partial charge in [-0.05, 0) is 29.7 Å². The van der Waals surface area contributed by atoms with Crippen molar-refractivity contribution in [2.75, 3.05) is 5.32 Å². The molecule has 2 N–H and O–H groups in total. The smallest absolute Gasteiger partial charge is 0.310 e. The highest BCUT2D eigenvalue weighted by molar-refractivity contribution is 7.14. The van der Waals surface area contributed by atoms with Crippen LogP contribution < -0.4 is 5.32 Å². The van der Waals surface area contributed by atoms with Crippen molar-refractivity contribution < 1.29 is 19.4 Å². The molecule has 2 aromatic carbocycles. The van der Waals surface area contributed by atoms with E-state index in [1.165, 1.54) is 11.3 Å². The zero-order chi connectivity index (χ0) is 19.3. The Kier molecular flexibility index (Phi) is 4.14. The molecule has 2 fully saturated rings. The van der Waals surface area contributed by atoms with E-state index in [-0.39, 0.29) is 18.1 Å². The van der Waals surface area contributed by atoms with Crippen LogP contribution in [0.2, 0.25) is 0 Å². The number of nitrogens with zero attached hydrogens (tertiary/aromatic N) is 1. The highest BCUT2D eigenvalue weighted by Gasteiger charge is 2.55. The Bertz CT molecular complexity index is 1080. The highest BCUT2D eigenvalue weighted by Crippen LogP contribution is 2.44. The number of anilines is 1. The number of hydrogen-bond acceptors (Lipinski definition) is 5. The number of carbonyl (C=O) groups excluding carboxylic acids is 1. The molecule has 0 radical (unpaired) electrons. The molecule has 1 aromatic heterocycles. The average Bonchev–Trinajstić information content (AvgIpc) is 3.43. The van der Waals surface area contributed by atoms with Crippen LogP contribution in [0.3, 0.4) is 0 Å². The molecule has 0 unspecified atom stereocenters. The molecule has 7 heteroatoms. The third-order valence-corrected chi connectivity index (χ3v) is 6.40. The Hall–Kier alpha value is -2.77. The Balaban J connectivity index is 1.36. The lowest BCUT2D eigenvalue weighted by Gasteiger charge is -2.23. The van der Waals surface area contributed by atoms with Gasteiger partial charge in [0, 0.05) is 10.9 Å². The summed E-state index contributed by atoms with van der Waals surface area (Å²) in [5.74, 6) is -2.73. The quantitative estimate of drug-likeness (QED) is 0.703. The molecule has 5 rings (SSSR count). The molecule has 3 aromatic rings. The first-order valence-electron chi connectivity index (χ1n) is 9.24. The third kappa shape index (κ3) is 2.87. The Morgan fingerprint density at radius 2 is 1.82 bits per heavy atom. The number of rotatable bonds is 4. The summed E-state index contributed by atoms with van der Waals surface area (Å²) < 4.78 is 5.67. The van der Waals surface area contributed by atoms with E-state index in [0.29, 0.717) is 11.6 Å². The largest absolute Gasteiger partial charge is 0.481 e. The number of ether oxygens (including phenoxy) is 1. The second-order valence-electron chi connectivity index (χ2n) is 7.27. The summed E-state index contributed by atoms with van der Waals surface area (Å²) in [6, 6.07) is 14.2. The van der Waals surface area contributed by atoms with Gasteiger partial charge in [-0.3, -0.25) is 9.59 Å². The van der Waals surface area contributed by atoms with Gasteiger partial charge in [0.25, 0.3) is 0 Å². The summed E-state index contributed by atoms with van der Waals surface area (Å²) in [7, 11) is 0. The summed E-state index contributed by atoms with van der Waals surface area (Å²) in [5.41, 5.74) is 1.76. The van der Waals surface area contributed by atoms with Gasteiger partial charge in [-0.2, -0.15) is 0 Å². The van der Waals surface area contributed by atoms with Crippen molar-refractivity contribution in [1.29, 1.82) is 0 Å². The first-order valence-corrected chi connectivity index (χ1v) is 10.1. The summed E-state index contributed by atoms with van der Waals surface area (Å²) in [6.45, 7) is 0. The van der Waals surface area contributed by atoms with Crippen molar-refractivity contribution >= 4 is 39.1 Å². The zero-order valence-corrected chi connectivity index (χ0v) is 15.7. The Morgan fingerprint density at radius 3 is 2.61 bits per heavy atom. The Labute approximate surface area is 165 Å². The topological polar surface area (TPSA) is 88.5 Å². The molecule has 1 amide bonds. The predicted octanol–water partition coefficient (Wildman–Crippen LogP) is 3.78. The first-order chi connectivity index (χ1) is 13.6. The van der Waals surface area contributed by atoms with Crippen molar-refractivity contribution in [3.05, 3.63) is 47.8 Å². The molecular weight excluding hydrogens is 376 g/mol. The minimum Gasteiger partial charge on any atom is -0.481 e. The minimum absolute atomic E-state index is 0.314. The first kappa shape index (κ1) is 17.3. The fourth-order valence-electron chi connectivity index (χ4n) is 4.33. The Morgan fingerprint density at radius 1 is 1.07 bits per heavy atom. The number of carbonyl (C=O) groups is 2. The molecule has 2 bridgehead atoms. The molecular formula is C21H18N2O4S. The number of benzene rings is 2. The molecule has 6 nitrogen and oxygen atoms in total. The van der Waals surface area contributed by atoms with E-state index in [2.05, 4.69) is 28.5 Å². The van der Waals surface area contributed by atoms with Crippen LogP contribution in [0.5, 0.6) is 0 Å². The van der Waals surface area contributed by atoms with Crippen molar-refractivity contribution in [3.8, 4) is 11.3 Å². The van der Waals surface area contributed by atoms with Gasteiger partial charge in [-0.1, -0.05) is 36.4 Å². The molecule has 142 valence electrons. The van der Waals surface area contributed by atoms with Gasteiger partial charge in [-0.15, -0.1) is 11.3 Å². The van der Waals surface area contributed by atoms with Crippen molar-refractivity contribution in [2.24, 2.45) is 11.8 Å². The van der Waals surface area contributed by atoms with Crippen LogP contribution in [-0.4, -0.2) is 34.2 Å². The fourth-order valence-corrected chi connectivity index (χ4v) is 5.05. The molecule has 2 aliphatic heterocycles. The van der Waals surface area contributed by atoms with Crippen molar-refractivity contribution in [2.45, 2.75) is 25.0 Å². The highest BCUT2D eigenvalue weighted by atomic mass is 32.1. The SMILES string of the molecule is O=C(O)[C@H]1[C@H](C(=O)Nc2nc(-c3ccc4ccccc4c3)cs2)[C@H]2CC[C@H]1O2. The predicted molar refractivity (Wildman–Crippen MR) is 106 cm³/mol. The van der Waals surface area contributed by atoms with Crippen LogP contribution in [0, 0.1) is 11.8 Å². The summed E-state index contributed by atoms with van der Waals surface area (Å²) in [6.07, 6.45) is 0.760. The van der Waals surface area contributed by atoms with Crippen molar-refractivity contribution in [3.63, 3.8) is 0 Å². The van der Waals surface area contributed by atoms with E-state index in [9.17, 15) is 14.7 Å².